The van der Waals surface area contributed by atoms with E-state index in [9.17, 15) is 39.3 Å². The van der Waals surface area contributed by atoms with Gasteiger partial charge in [0.1, 0.15) is 0 Å². The molecule has 0 aliphatic carbocycles. The van der Waals surface area contributed by atoms with E-state index in [1.54, 1.807) is 0 Å². The second kappa shape index (κ2) is 10.8. The number of hydrogen-bond acceptors (Lipinski definition) is 3. The Morgan fingerprint density at radius 3 is 1.35 bits per heavy atom. The maximum Gasteiger partial charge on any atom is 0.426 e. The Morgan fingerprint density at radius 1 is 0.706 bits per heavy atom. The maximum absolute atomic E-state index is 11.8. The van der Waals surface area contributed by atoms with Gasteiger partial charge < -0.3 is 4.55 Å². The molecule has 11 heteroatoms. The molecular formula is C23H20F6O3S2. The average molecular weight is 523 g/mol. The third-order valence-electron chi connectivity index (χ3n) is 4.41. The number of halogens is 6. The number of benzene rings is 3. The summed E-state index contributed by atoms with van der Waals surface area (Å²) < 4.78 is 97.5. The first kappa shape index (κ1) is 27.7. The summed E-state index contributed by atoms with van der Waals surface area (Å²) in [7, 11) is -6.69. The third kappa shape index (κ3) is 7.00. The molecule has 3 aromatic rings. The number of alkyl halides is 6. The van der Waals surface area contributed by atoms with Crippen molar-refractivity contribution in [3.63, 3.8) is 0 Å². The summed E-state index contributed by atoms with van der Waals surface area (Å²) in [5.41, 5.74) is 2.61. The van der Waals surface area contributed by atoms with Crippen LogP contribution in [0.1, 0.15) is 11.1 Å². The Kier molecular flexibility index (Phi) is 8.84. The van der Waals surface area contributed by atoms with Crippen LogP contribution in [0.25, 0.3) is 0 Å². The van der Waals surface area contributed by atoms with Gasteiger partial charge in [0.2, 0.25) is 0 Å². The van der Waals surface area contributed by atoms with Gasteiger partial charge in [-0.2, -0.15) is 22.0 Å². The van der Waals surface area contributed by atoms with Crippen LogP contribution in [-0.4, -0.2) is 30.6 Å². The summed E-state index contributed by atoms with van der Waals surface area (Å²) in [4.78, 5) is 4.11. The van der Waals surface area contributed by atoms with E-state index in [0.29, 0.717) is 0 Å². The minimum atomic E-state index is -6.66. The fraction of sp³-hybridized carbons (Fsp3) is 0.217. The molecule has 0 aromatic heterocycles. The monoisotopic (exact) mass is 522 g/mol. The van der Waals surface area contributed by atoms with Crippen molar-refractivity contribution in [2.75, 3.05) is 0 Å². The second-order valence-electron chi connectivity index (χ2n) is 7.17. The van der Waals surface area contributed by atoms with Crippen molar-refractivity contribution in [3.05, 3.63) is 90.0 Å². The van der Waals surface area contributed by atoms with Gasteiger partial charge in [0.15, 0.2) is 24.8 Å². The van der Waals surface area contributed by atoms with Gasteiger partial charge in [-0.1, -0.05) is 53.6 Å². The summed E-state index contributed by atoms with van der Waals surface area (Å²) >= 11 is 0. The van der Waals surface area contributed by atoms with E-state index in [2.05, 4.69) is 92.7 Å². The molecule has 34 heavy (non-hydrogen) atoms. The zero-order chi connectivity index (χ0) is 25.7. The van der Waals surface area contributed by atoms with Crippen LogP contribution in [0.2, 0.25) is 0 Å². The lowest BCUT2D eigenvalue weighted by atomic mass is 10.2. The standard InChI is InChI=1S/C20H19S.C3H2F6O3S/c1-16-8-12-19(13-9-16)21(18-6-4-3-5-7-18)20-14-10-17(2)11-15-20;4-1(2(5,6)7)3(8,9)13(10,11)12/h3-15H,1-2H3;1H,(H,10,11,12)/q+1;/p-1. The average Bonchev–Trinajstić information content (AvgIpc) is 2.76. The van der Waals surface area contributed by atoms with Gasteiger partial charge in [0, 0.05) is 0 Å². The molecule has 1 unspecified atom stereocenters. The Labute approximate surface area is 196 Å². The smallest absolute Gasteiger partial charge is 0.426 e. The molecule has 3 rings (SSSR count). The van der Waals surface area contributed by atoms with Gasteiger partial charge in [-0.3, -0.25) is 0 Å². The first-order valence-corrected chi connectivity index (χ1v) is 12.2. The zero-order valence-corrected chi connectivity index (χ0v) is 19.5. The minimum absolute atomic E-state index is 0.0312. The van der Waals surface area contributed by atoms with E-state index in [-0.39, 0.29) is 10.9 Å². The van der Waals surface area contributed by atoms with Crippen LogP contribution in [0.3, 0.4) is 0 Å². The van der Waals surface area contributed by atoms with Crippen molar-refractivity contribution in [2.45, 2.75) is 46.1 Å². The highest BCUT2D eigenvalue weighted by Gasteiger charge is 2.61. The lowest BCUT2D eigenvalue weighted by molar-refractivity contribution is -0.223. The third-order valence-corrected chi connectivity index (χ3v) is 7.51. The number of rotatable bonds is 5. The largest absolute Gasteiger partial charge is 0.743 e. The molecule has 0 aliphatic rings. The highest BCUT2D eigenvalue weighted by molar-refractivity contribution is 7.97. The summed E-state index contributed by atoms with van der Waals surface area (Å²) in [5, 5.41) is -5.99. The van der Waals surface area contributed by atoms with Crippen LogP contribution in [-0.2, 0) is 21.0 Å². The maximum atomic E-state index is 11.8. The molecule has 3 aromatic carbocycles. The van der Waals surface area contributed by atoms with Gasteiger partial charge in [-0.15, -0.1) is 0 Å². The Bertz CT molecular complexity index is 1120. The molecular weight excluding hydrogens is 502 g/mol. The van der Waals surface area contributed by atoms with Crippen LogP contribution in [0.15, 0.2) is 93.5 Å². The lowest BCUT2D eigenvalue weighted by Gasteiger charge is -2.24. The predicted molar refractivity (Wildman–Crippen MR) is 117 cm³/mol. The molecule has 184 valence electrons. The van der Waals surface area contributed by atoms with Crippen molar-refractivity contribution in [2.24, 2.45) is 0 Å². The molecule has 0 saturated carbocycles. The normalized spacial score (nSPS) is 13.2. The van der Waals surface area contributed by atoms with E-state index < -0.39 is 27.7 Å². The van der Waals surface area contributed by atoms with Gasteiger partial charge in [0.05, 0.1) is 10.9 Å². The van der Waals surface area contributed by atoms with Crippen LogP contribution >= 0.6 is 0 Å². The first-order valence-electron chi connectivity index (χ1n) is 9.61. The predicted octanol–water partition coefficient (Wildman–Crippen LogP) is 6.42. The van der Waals surface area contributed by atoms with Crippen LogP contribution in [0.5, 0.6) is 0 Å². The SMILES string of the molecule is Cc1ccc([S+](c2ccccc2)c2ccc(C)cc2)cc1.O=S(=O)([O-])C(F)(F)C(F)C(F)(F)F. The first-order chi connectivity index (χ1) is 15.6. The zero-order valence-electron chi connectivity index (χ0n) is 17.9. The van der Waals surface area contributed by atoms with Crippen molar-refractivity contribution in [1.29, 1.82) is 0 Å². The number of hydrogen-bond donors (Lipinski definition) is 0. The fourth-order valence-corrected chi connectivity index (χ4v) is 5.08. The van der Waals surface area contributed by atoms with Gasteiger partial charge in [-0.05, 0) is 50.2 Å². The molecule has 1 atom stereocenters. The van der Waals surface area contributed by atoms with Crippen LogP contribution < -0.4 is 0 Å². The molecule has 0 saturated heterocycles. The van der Waals surface area contributed by atoms with E-state index in [4.69, 9.17) is 0 Å². The molecule has 0 amide bonds. The van der Waals surface area contributed by atoms with Crippen molar-refractivity contribution >= 4 is 21.0 Å². The topological polar surface area (TPSA) is 57.2 Å². The van der Waals surface area contributed by atoms with Crippen molar-refractivity contribution in [1.82, 2.24) is 0 Å². The quantitative estimate of drug-likeness (QED) is 0.221. The van der Waals surface area contributed by atoms with E-state index in [0.717, 1.165) is 0 Å². The molecule has 0 heterocycles. The highest BCUT2D eigenvalue weighted by atomic mass is 32.2. The Morgan fingerprint density at radius 2 is 1.06 bits per heavy atom. The molecule has 0 fully saturated rings. The van der Waals surface area contributed by atoms with Crippen LogP contribution in [0, 0.1) is 13.8 Å². The van der Waals surface area contributed by atoms with Gasteiger partial charge >= 0.3 is 11.4 Å². The second-order valence-corrected chi connectivity index (χ2v) is 10.6. The molecule has 0 aliphatic heterocycles. The molecule has 0 spiro atoms. The summed E-state index contributed by atoms with van der Waals surface area (Å²) in [6, 6.07) is 28.6. The Balaban J connectivity index is 0.000000273. The van der Waals surface area contributed by atoms with E-state index in [1.165, 1.54) is 25.8 Å². The Hall–Kier alpha value is -2.50. The molecule has 0 radical (unpaired) electrons. The van der Waals surface area contributed by atoms with Crippen LogP contribution in [0.4, 0.5) is 26.3 Å². The molecule has 0 bridgehead atoms. The van der Waals surface area contributed by atoms with Crippen molar-refractivity contribution < 1.29 is 39.3 Å². The van der Waals surface area contributed by atoms with E-state index >= 15 is 0 Å². The lowest BCUT2D eigenvalue weighted by Crippen LogP contribution is -2.46. The molecule has 3 nitrogen and oxygen atoms in total. The molecule has 0 N–H and O–H groups in total. The summed E-state index contributed by atoms with van der Waals surface area (Å²) in [6.45, 7) is 4.27. The highest BCUT2D eigenvalue weighted by Crippen LogP contribution is 2.37. The fourth-order valence-electron chi connectivity index (χ4n) is 2.63. The number of aryl methyl sites for hydroxylation is 2. The van der Waals surface area contributed by atoms with E-state index in [1.807, 2.05) is 0 Å². The summed E-state index contributed by atoms with van der Waals surface area (Å²) in [6.07, 6.45) is -11.1. The minimum Gasteiger partial charge on any atom is -0.743 e. The van der Waals surface area contributed by atoms with Crippen molar-refractivity contribution in [3.8, 4) is 0 Å². The summed E-state index contributed by atoms with van der Waals surface area (Å²) in [5.74, 6) is 0. The van der Waals surface area contributed by atoms with Gasteiger partial charge in [0.25, 0.3) is 6.17 Å². The van der Waals surface area contributed by atoms with Gasteiger partial charge in [-0.25, -0.2) is 12.8 Å².